The van der Waals surface area contributed by atoms with Gasteiger partial charge in [0.15, 0.2) is 6.10 Å². The van der Waals surface area contributed by atoms with Gasteiger partial charge in [0.05, 0.1) is 34.4 Å². The molecule has 0 radical (unpaired) electrons. The van der Waals surface area contributed by atoms with Crippen LogP contribution in [0.5, 0.6) is 0 Å². The van der Waals surface area contributed by atoms with Gasteiger partial charge in [0.1, 0.15) is 13.2 Å². The molecule has 80 heavy (non-hydrogen) atoms. The van der Waals surface area contributed by atoms with E-state index in [9.17, 15) is 19.5 Å². The van der Waals surface area contributed by atoms with Crippen molar-refractivity contribution in [2.75, 3.05) is 47.5 Å². The number of likely N-dealkylation sites (N-methyl/N-ethyl adjacent to an activating group) is 1. The summed E-state index contributed by atoms with van der Waals surface area (Å²) in [5.41, 5.74) is 0. The molecule has 0 amide bonds. The normalized spacial score (nSPS) is 13.3. The molecule has 0 rings (SSSR count). The lowest BCUT2D eigenvalue weighted by molar-refractivity contribution is -0.870. The number of allylic oxidation sites excluding steroid dienone is 14. The maximum atomic E-state index is 12.9. The van der Waals surface area contributed by atoms with Crippen LogP contribution < -0.4 is 0 Å². The molecule has 2 atom stereocenters. The van der Waals surface area contributed by atoms with Gasteiger partial charge in [-0.05, 0) is 70.6 Å². The topological polar surface area (TPSA) is 108 Å². The fraction of sp³-hybridized carbons (Fsp3) is 0.761. The third-order valence-electron chi connectivity index (χ3n) is 14.4. The summed E-state index contributed by atoms with van der Waals surface area (Å²) in [5, 5.41) is 9.73. The van der Waals surface area contributed by atoms with Crippen LogP contribution >= 0.6 is 0 Å². The zero-order chi connectivity index (χ0) is 58.3. The van der Waals surface area contributed by atoms with Gasteiger partial charge in [0, 0.05) is 12.8 Å². The van der Waals surface area contributed by atoms with Gasteiger partial charge in [-0.1, -0.05) is 292 Å². The molecule has 1 N–H and O–H groups in total. The molecule has 0 heterocycles. The van der Waals surface area contributed by atoms with Crippen molar-refractivity contribution in [2.45, 2.75) is 302 Å². The average Bonchev–Trinajstić information content (AvgIpc) is 3.43. The lowest BCUT2D eigenvalue weighted by Crippen LogP contribution is -2.40. The quantitative estimate of drug-likeness (QED) is 0.0211. The van der Waals surface area contributed by atoms with Crippen molar-refractivity contribution in [1.82, 2.24) is 0 Å². The second-order valence-electron chi connectivity index (χ2n) is 23.4. The molecule has 0 spiro atoms. The number of ether oxygens (including phenoxy) is 4. The Labute approximate surface area is 493 Å². The molecule has 0 aromatic rings. The maximum absolute atomic E-state index is 12.9. The minimum Gasteiger partial charge on any atom is -0.477 e. The number of esters is 2. The van der Waals surface area contributed by atoms with E-state index in [0.29, 0.717) is 23.9 Å². The molecule has 0 aliphatic heterocycles. The summed E-state index contributed by atoms with van der Waals surface area (Å²) in [6.07, 6.45) is 79.6. The number of carbonyl (C=O) groups excluding carboxylic acids is 2. The molecular formula is C71H126NO8+. The van der Waals surface area contributed by atoms with E-state index >= 15 is 0 Å². The Morgan fingerprint density at radius 2 is 0.713 bits per heavy atom. The van der Waals surface area contributed by atoms with Crippen LogP contribution in [-0.2, 0) is 33.3 Å². The van der Waals surface area contributed by atoms with Crippen molar-refractivity contribution >= 4 is 17.9 Å². The Kier molecular flexibility index (Phi) is 58.8. The van der Waals surface area contributed by atoms with Gasteiger partial charge in [0.2, 0.25) is 0 Å². The monoisotopic (exact) mass is 1120 g/mol. The van der Waals surface area contributed by atoms with E-state index in [1.54, 1.807) is 0 Å². The van der Waals surface area contributed by atoms with E-state index in [-0.39, 0.29) is 32.2 Å². The van der Waals surface area contributed by atoms with E-state index in [1.807, 2.05) is 21.1 Å². The predicted octanol–water partition coefficient (Wildman–Crippen LogP) is 20.3. The van der Waals surface area contributed by atoms with Crippen LogP contribution in [0.4, 0.5) is 0 Å². The molecule has 2 unspecified atom stereocenters. The first-order chi connectivity index (χ1) is 39.1. The molecule has 9 nitrogen and oxygen atoms in total. The summed E-state index contributed by atoms with van der Waals surface area (Å²) >= 11 is 0. The largest absolute Gasteiger partial charge is 0.477 e. The van der Waals surface area contributed by atoms with E-state index < -0.39 is 24.3 Å². The predicted molar refractivity (Wildman–Crippen MR) is 341 cm³/mol. The Bertz CT molecular complexity index is 1590. The number of carboxylic acid groups (broad SMARTS) is 1. The molecule has 0 aromatic carbocycles. The third kappa shape index (κ3) is 62.1. The summed E-state index contributed by atoms with van der Waals surface area (Å²) < 4.78 is 23.0. The second-order valence-corrected chi connectivity index (χ2v) is 23.4. The van der Waals surface area contributed by atoms with Gasteiger partial charge in [-0.25, -0.2) is 4.79 Å². The van der Waals surface area contributed by atoms with Crippen molar-refractivity contribution in [3.05, 3.63) is 85.1 Å². The molecule has 0 bridgehead atoms. The number of nitrogens with zero attached hydrogens (tertiary/aromatic N) is 1. The molecule has 0 aromatic heterocycles. The lowest BCUT2D eigenvalue weighted by Gasteiger charge is -2.25. The summed E-state index contributed by atoms with van der Waals surface area (Å²) in [5.74, 6) is -2.00. The Morgan fingerprint density at radius 3 is 1.06 bits per heavy atom. The SMILES string of the molecule is CC/C=C\C/C=C\C/C=C\C/C=C\C/C=C\C/C=C\C/C=C\CCCCCCCCCCCC(=O)OC(COC(=O)CCCCCCCCCCCCCCCCCCCCCCCCCC)COC(OCC[N+](C)(C)C)C(=O)O. The molecule has 0 aliphatic carbocycles. The highest BCUT2D eigenvalue weighted by Crippen LogP contribution is 2.17. The molecule has 0 fully saturated rings. The fourth-order valence-corrected chi connectivity index (χ4v) is 9.35. The zero-order valence-corrected chi connectivity index (χ0v) is 52.7. The molecule has 9 heteroatoms. The summed E-state index contributed by atoms with van der Waals surface area (Å²) in [6, 6.07) is 0. The number of hydrogen-bond acceptors (Lipinski definition) is 7. The molecule has 0 aliphatic rings. The zero-order valence-electron chi connectivity index (χ0n) is 52.7. The summed E-state index contributed by atoms with van der Waals surface area (Å²) in [4.78, 5) is 37.6. The standard InChI is InChI=1S/C71H125NO8/c1-6-8-10-12-14-16-18-20-22-24-26-28-30-32-33-34-35-36-37-38-40-42-44-46-48-50-52-54-56-58-60-62-69(74)80-67(66-79-71(70(75)76)77-64-63-72(3,4)5)65-78-68(73)61-59-57-55-53-51-49-47-45-43-41-39-31-29-27-25-23-21-19-17-15-13-11-9-7-2/h8,10,14,16,20,22,26,28,32-33,35-36,38,40,67,71H,6-7,9,11-13,15,17-19,21,23-25,27,29-31,34,37,39,41-66H2,1-5H3/p+1/b10-8-,16-14-,22-20-,28-26-,33-32-,36-35-,40-38-. The minimum atomic E-state index is -1.52. The lowest BCUT2D eigenvalue weighted by atomic mass is 10.0. The van der Waals surface area contributed by atoms with Gasteiger partial charge in [0.25, 0.3) is 6.29 Å². The maximum Gasteiger partial charge on any atom is 0.361 e. The average molecular weight is 1120 g/mol. The number of unbranched alkanes of at least 4 members (excludes halogenated alkanes) is 32. The first-order valence-corrected chi connectivity index (χ1v) is 33.3. The smallest absolute Gasteiger partial charge is 0.361 e. The number of quaternary nitrogens is 1. The van der Waals surface area contributed by atoms with Crippen LogP contribution in [0, 0.1) is 0 Å². The molecule has 462 valence electrons. The molecular weight excluding hydrogens is 995 g/mol. The van der Waals surface area contributed by atoms with E-state index in [1.165, 1.54) is 167 Å². The van der Waals surface area contributed by atoms with Gasteiger partial charge in [-0.3, -0.25) is 9.59 Å². The number of carboxylic acids is 1. The summed E-state index contributed by atoms with van der Waals surface area (Å²) in [7, 11) is 5.97. The van der Waals surface area contributed by atoms with Gasteiger partial charge in [-0.15, -0.1) is 0 Å². The highest BCUT2D eigenvalue weighted by atomic mass is 16.7. The van der Waals surface area contributed by atoms with E-state index in [4.69, 9.17) is 18.9 Å². The minimum absolute atomic E-state index is 0.184. The van der Waals surface area contributed by atoms with Gasteiger partial charge >= 0.3 is 17.9 Å². The second kappa shape index (κ2) is 61.5. The van der Waals surface area contributed by atoms with Crippen molar-refractivity contribution in [1.29, 1.82) is 0 Å². The van der Waals surface area contributed by atoms with Crippen molar-refractivity contribution in [2.24, 2.45) is 0 Å². The highest BCUT2D eigenvalue weighted by molar-refractivity contribution is 5.71. The van der Waals surface area contributed by atoms with Crippen LogP contribution in [0.1, 0.15) is 290 Å². The number of aliphatic carboxylic acids is 1. The molecule has 0 saturated heterocycles. The number of hydrogen-bond donors (Lipinski definition) is 1. The van der Waals surface area contributed by atoms with Gasteiger partial charge in [-0.2, -0.15) is 0 Å². The van der Waals surface area contributed by atoms with Crippen LogP contribution in [0.15, 0.2) is 85.1 Å². The summed E-state index contributed by atoms with van der Waals surface area (Å²) in [6.45, 7) is 4.79. The third-order valence-corrected chi connectivity index (χ3v) is 14.4. The Morgan fingerprint density at radius 1 is 0.388 bits per heavy atom. The van der Waals surface area contributed by atoms with Gasteiger partial charge < -0.3 is 28.5 Å². The number of rotatable bonds is 61. The van der Waals surface area contributed by atoms with Crippen molar-refractivity contribution in [3.63, 3.8) is 0 Å². The first kappa shape index (κ1) is 76.5. The van der Waals surface area contributed by atoms with Crippen molar-refractivity contribution < 1.29 is 42.9 Å². The van der Waals surface area contributed by atoms with E-state index in [2.05, 4.69) is 98.9 Å². The van der Waals surface area contributed by atoms with Crippen molar-refractivity contribution in [3.8, 4) is 0 Å². The van der Waals surface area contributed by atoms with Crippen LogP contribution in [0.25, 0.3) is 0 Å². The van der Waals surface area contributed by atoms with E-state index in [0.717, 1.165) is 89.9 Å². The fourth-order valence-electron chi connectivity index (χ4n) is 9.35. The number of carbonyl (C=O) groups is 3. The Hall–Kier alpha value is -3.53. The van der Waals surface area contributed by atoms with Crippen LogP contribution in [0.3, 0.4) is 0 Å². The highest BCUT2D eigenvalue weighted by Gasteiger charge is 2.25. The van der Waals surface area contributed by atoms with Crippen LogP contribution in [0.2, 0.25) is 0 Å². The molecule has 0 saturated carbocycles. The van der Waals surface area contributed by atoms with Crippen LogP contribution in [-0.4, -0.2) is 87.4 Å². The first-order valence-electron chi connectivity index (χ1n) is 33.3. The Balaban J connectivity index is 4.18.